The Labute approximate surface area is 142 Å². The van der Waals surface area contributed by atoms with Crippen molar-refractivity contribution in [1.29, 1.82) is 0 Å². The van der Waals surface area contributed by atoms with Gasteiger partial charge in [0.15, 0.2) is 23.4 Å². The summed E-state index contributed by atoms with van der Waals surface area (Å²) in [5, 5.41) is 3.79. The summed E-state index contributed by atoms with van der Waals surface area (Å²) in [7, 11) is 1.28. The molecule has 7 nitrogen and oxygen atoms in total. The summed E-state index contributed by atoms with van der Waals surface area (Å²) in [5.74, 6) is -0.157. The van der Waals surface area contributed by atoms with Crippen LogP contribution in [0.4, 0.5) is 8.78 Å². The molecule has 1 atom stereocenters. The molecular weight excluding hydrogens is 338 g/mol. The summed E-state index contributed by atoms with van der Waals surface area (Å²) in [6.45, 7) is 0.572. The molecule has 0 spiro atoms. The van der Waals surface area contributed by atoms with Crippen molar-refractivity contribution in [2.75, 3.05) is 7.11 Å². The summed E-state index contributed by atoms with van der Waals surface area (Å²) in [5.41, 5.74) is 0.110. The number of benzene rings is 1. The highest BCUT2D eigenvalue weighted by Crippen LogP contribution is 2.30. The lowest BCUT2D eigenvalue weighted by Gasteiger charge is -2.12. The number of rotatable bonds is 8. The van der Waals surface area contributed by atoms with Crippen molar-refractivity contribution in [3.05, 3.63) is 35.5 Å². The molecule has 1 aromatic carbocycles. The number of nitrogens with zero attached hydrogens (tertiary/aromatic N) is 2. The Hall–Kier alpha value is -2.71. The lowest BCUT2D eigenvalue weighted by Crippen LogP contribution is -2.10. The molecule has 0 aliphatic carbocycles. The molecule has 0 fully saturated rings. The molecule has 1 unspecified atom stereocenters. The van der Waals surface area contributed by atoms with Gasteiger partial charge in [0.25, 0.3) is 5.89 Å². The van der Waals surface area contributed by atoms with Gasteiger partial charge >= 0.3 is 12.6 Å². The van der Waals surface area contributed by atoms with E-state index in [0.29, 0.717) is 12.2 Å². The Bertz CT molecular complexity index is 720. The maximum atomic E-state index is 12.3. The smallest absolute Gasteiger partial charge is 0.387 e. The van der Waals surface area contributed by atoms with Gasteiger partial charge in [-0.1, -0.05) is 12.1 Å². The molecule has 25 heavy (non-hydrogen) atoms. The van der Waals surface area contributed by atoms with Crippen molar-refractivity contribution in [2.24, 2.45) is 0 Å². The van der Waals surface area contributed by atoms with Gasteiger partial charge in [-0.3, -0.25) is 0 Å². The van der Waals surface area contributed by atoms with Gasteiger partial charge in [0, 0.05) is 6.42 Å². The molecule has 0 aliphatic rings. The normalized spacial score (nSPS) is 12.1. The molecule has 0 saturated heterocycles. The molecule has 136 valence electrons. The lowest BCUT2D eigenvalue weighted by atomic mass is 10.2. The number of esters is 1. The Balaban J connectivity index is 2.08. The zero-order chi connectivity index (χ0) is 18.4. The standard InChI is InChI=1S/C16H18F2N2O5/c1-4-5-13-19-14(25-20-13)9(2)23-15(21)10-6-7-11(24-16(17)18)12(8-10)22-3/h6-9,16H,4-5H2,1-3H3. The van der Waals surface area contributed by atoms with Crippen LogP contribution in [0.3, 0.4) is 0 Å². The average Bonchev–Trinajstić information content (AvgIpc) is 3.03. The molecule has 2 rings (SSSR count). The molecule has 9 heteroatoms. The molecule has 0 aliphatic heterocycles. The number of hydrogen-bond donors (Lipinski definition) is 0. The number of aromatic nitrogens is 2. The van der Waals surface area contributed by atoms with E-state index in [2.05, 4.69) is 14.9 Å². The molecule has 1 aromatic heterocycles. The minimum atomic E-state index is -3.00. The summed E-state index contributed by atoms with van der Waals surface area (Å²) in [6, 6.07) is 3.76. The number of alkyl halides is 2. The van der Waals surface area contributed by atoms with Crippen LogP contribution in [0.1, 0.15) is 48.4 Å². The SMILES string of the molecule is CCCc1noc(C(C)OC(=O)c2ccc(OC(F)F)c(OC)c2)n1. The maximum absolute atomic E-state index is 12.3. The van der Waals surface area contributed by atoms with Gasteiger partial charge in [-0.15, -0.1) is 0 Å². The van der Waals surface area contributed by atoms with Crippen LogP contribution >= 0.6 is 0 Å². The van der Waals surface area contributed by atoms with Gasteiger partial charge in [0.05, 0.1) is 12.7 Å². The van der Waals surface area contributed by atoms with E-state index in [4.69, 9.17) is 14.0 Å². The fourth-order valence-electron chi connectivity index (χ4n) is 2.02. The molecule has 2 aromatic rings. The lowest BCUT2D eigenvalue weighted by molar-refractivity contribution is -0.0512. The third-order valence-corrected chi connectivity index (χ3v) is 3.20. The van der Waals surface area contributed by atoms with E-state index in [0.717, 1.165) is 6.42 Å². The van der Waals surface area contributed by atoms with Crippen molar-refractivity contribution in [3.8, 4) is 11.5 Å². The molecule has 0 saturated carbocycles. The Kier molecular flexibility index (Phi) is 6.26. The van der Waals surface area contributed by atoms with Crippen LogP contribution in [0.5, 0.6) is 11.5 Å². The molecule has 1 heterocycles. The van der Waals surface area contributed by atoms with E-state index in [9.17, 15) is 13.6 Å². The number of aryl methyl sites for hydroxylation is 1. The summed E-state index contributed by atoms with van der Waals surface area (Å²) in [6.07, 6.45) is 0.765. The first kappa shape index (κ1) is 18.6. The van der Waals surface area contributed by atoms with Crippen molar-refractivity contribution in [2.45, 2.75) is 39.4 Å². The Morgan fingerprint density at radius 1 is 1.32 bits per heavy atom. The molecule has 0 radical (unpaired) electrons. The van der Waals surface area contributed by atoms with Gasteiger partial charge in [0.2, 0.25) is 0 Å². The van der Waals surface area contributed by atoms with E-state index >= 15 is 0 Å². The van der Waals surface area contributed by atoms with Crippen LogP contribution in [0.15, 0.2) is 22.7 Å². The molecule has 0 bridgehead atoms. The van der Waals surface area contributed by atoms with Crippen molar-refractivity contribution < 1.29 is 32.3 Å². The van der Waals surface area contributed by atoms with E-state index < -0.39 is 18.7 Å². The fraction of sp³-hybridized carbons (Fsp3) is 0.438. The first-order valence-electron chi connectivity index (χ1n) is 7.60. The zero-order valence-corrected chi connectivity index (χ0v) is 14.0. The number of methoxy groups -OCH3 is 1. The predicted molar refractivity (Wildman–Crippen MR) is 81.7 cm³/mol. The van der Waals surface area contributed by atoms with E-state index in [1.54, 1.807) is 6.92 Å². The van der Waals surface area contributed by atoms with E-state index in [1.807, 2.05) is 6.92 Å². The van der Waals surface area contributed by atoms with Gasteiger partial charge in [-0.25, -0.2) is 4.79 Å². The molecular formula is C16H18F2N2O5. The third-order valence-electron chi connectivity index (χ3n) is 3.20. The highest BCUT2D eigenvalue weighted by atomic mass is 19.3. The van der Waals surface area contributed by atoms with Gasteiger partial charge < -0.3 is 18.7 Å². The monoisotopic (exact) mass is 356 g/mol. The minimum absolute atomic E-state index is 0.00887. The maximum Gasteiger partial charge on any atom is 0.387 e. The fourth-order valence-corrected chi connectivity index (χ4v) is 2.02. The Morgan fingerprint density at radius 2 is 2.08 bits per heavy atom. The van der Waals surface area contributed by atoms with Crippen molar-refractivity contribution in [1.82, 2.24) is 10.1 Å². The van der Waals surface area contributed by atoms with Crippen LogP contribution in [-0.4, -0.2) is 29.8 Å². The number of carbonyl (C=O) groups is 1. The first-order chi connectivity index (χ1) is 11.9. The van der Waals surface area contributed by atoms with Gasteiger partial charge in [-0.2, -0.15) is 13.8 Å². The Morgan fingerprint density at radius 3 is 2.72 bits per heavy atom. The van der Waals surface area contributed by atoms with Crippen LogP contribution < -0.4 is 9.47 Å². The largest absolute Gasteiger partial charge is 0.493 e. The second kappa shape index (κ2) is 8.41. The second-order valence-corrected chi connectivity index (χ2v) is 5.09. The van der Waals surface area contributed by atoms with Crippen LogP contribution in [0, 0.1) is 0 Å². The quantitative estimate of drug-likeness (QED) is 0.669. The number of halogens is 2. The highest BCUT2D eigenvalue weighted by molar-refractivity contribution is 5.90. The van der Waals surface area contributed by atoms with Crippen molar-refractivity contribution in [3.63, 3.8) is 0 Å². The molecule has 0 N–H and O–H groups in total. The van der Waals surface area contributed by atoms with Gasteiger partial charge in [0.1, 0.15) is 0 Å². The summed E-state index contributed by atoms with van der Waals surface area (Å²) >= 11 is 0. The zero-order valence-electron chi connectivity index (χ0n) is 14.0. The van der Waals surface area contributed by atoms with Gasteiger partial charge in [-0.05, 0) is 31.5 Å². The number of carbonyl (C=O) groups excluding carboxylic acids is 1. The van der Waals surface area contributed by atoms with E-state index in [-0.39, 0.29) is 23.0 Å². The average molecular weight is 356 g/mol. The summed E-state index contributed by atoms with van der Waals surface area (Å²) < 4.78 is 44.2. The number of hydrogen-bond acceptors (Lipinski definition) is 7. The van der Waals surface area contributed by atoms with Crippen LogP contribution in [0.2, 0.25) is 0 Å². The number of ether oxygens (including phenoxy) is 3. The van der Waals surface area contributed by atoms with Crippen LogP contribution in [0.25, 0.3) is 0 Å². The topological polar surface area (TPSA) is 83.7 Å². The third kappa shape index (κ3) is 4.88. The second-order valence-electron chi connectivity index (χ2n) is 5.09. The summed E-state index contributed by atoms with van der Waals surface area (Å²) in [4.78, 5) is 16.4. The predicted octanol–water partition coefficient (Wildman–Crippen LogP) is 3.55. The minimum Gasteiger partial charge on any atom is -0.493 e. The highest BCUT2D eigenvalue weighted by Gasteiger charge is 2.21. The van der Waals surface area contributed by atoms with Crippen LogP contribution in [-0.2, 0) is 11.2 Å². The first-order valence-corrected chi connectivity index (χ1v) is 7.60. The van der Waals surface area contributed by atoms with E-state index in [1.165, 1.54) is 25.3 Å². The van der Waals surface area contributed by atoms with Crippen molar-refractivity contribution >= 4 is 5.97 Å². The molecule has 0 amide bonds.